The summed E-state index contributed by atoms with van der Waals surface area (Å²) in [5.74, 6) is 0.547. The number of halogens is 1. The third-order valence-corrected chi connectivity index (χ3v) is 3.65. The third-order valence-electron chi connectivity index (χ3n) is 3.65. The highest BCUT2D eigenvalue weighted by Gasteiger charge is 2.15. The SMILES string of the molecule is COc1ccc(C(=O)NCc2nnnn2-c2cccc(F)c2)c(OC)c1. The number of aromatic nitrogens is 4. The molecule has 0 radical (unpaired) electrons. The van der Waals surface area contributed by atoms with E-state index < -0.39 is 5.82 Å². The normalized spacial score (nSPS) is 10.4. The van der Waals surface area contributed by atoms with Crippen LogP contribution in [-0.2, 0) is 6.54 Å². The molecule has 0 unspecified atom stereocenters. The lowest BCUT2D eigenvalue weighted by Gasteiger charge is -2.11. The molecule has 0 spiro atoms. The fourth-order valence-electron chi connectivity index (χ4n) is 2.37. The molecule has 1 N–H and O–H groups in total. The van der Waals surface area contributed by atoms with E-state index in [4.69, 9.17) is 9.47 Å². The first-order chi connectivity index (χ1) is 12.6. The van der Waals surface area contributed by atoms with Crippen molar-refractivity contribution < 1.29 is 18.7 Å². The number of carbonyl (C=O) groups is 1. The number of amides is 1. The molecule has 9 heteroatoms. The third kappa shape index (κ3) is 3.61. The van der Waals surface area contributed by atoms with Crippen molar-refractivity contribution in [2.24, 2.45) is 0 Å². The van der Waals surface area contributed by atoms with Gasteiger partial charge in [-0.3, -0.25) is 4.79 Å². The molecule has 0 aliphatic carbocycles. The molecule has 0 aliphatic heterocycles. The molecule has 3 rings (SSSR count). The summed E-state index contributed by atoms with van der Waals surface area (Å²) in [4.78, 5) is 12.5. The Morgan fingerprint density at radius 3 is 2.77 bits per heavy atom. The van der Waals surface area contributed by atoms with Crippen LogP contribution in [0.5, 0.6) is 11.5 Å². The predicted molar refractivity (Wildman–Crippen MR) is 89.8 cm³/mol. The summed E-state index contributed by atoms with van der Waals surface area (Å²) < 4.78 is 25.1. The largest absolute Gasteiger partial charge is 0.497 e. The van der Waals surface area contributed by atoms with E-state index in [1.165, 1.54) is 31.0 Å². The molecule has 0 aliphatic rings. The van der Waals surface area contributed by atoms with E-state index in [1.54, 1.807) is 30.3 Å². The Bertz CT molecular complexity index is 928. The van der Waals surface area contributed by atoms with Crippen molar-refractivity contribution in [2.75, 3.05) is 14.2 Å². The first-order valence-electron chi connectivity index (χ1n) is 7.66. The van der Waals surface area contributed by atoms with Crippen molar-refractivity contribution in [2.45, 2.75) is 6.54 Å². The Balaban J connectivity index is 1.76. The Morgan fingerprint density at radius 1 is 1.19 bits per heavy atom. The maximum absolute atomic E-state index is 13.4. The van der Waals surface area contributed by atoms with Crippen molar-refractivity contribution in [3.8, 4) is 17.2 Å². The number of nitrogens with one attached hydrogen (secondary N) is 1. The lowest BCUT2D eigenvalue weighted by atomic mass is 10.1. The summed E-state index contributed by atoms with van der Waals surface area (Å²) >= 11 is 0. The van der Waals surface area contributed by atoms with Gasteiger partial charge in [-0.2, -0.15) is 4.68 Å². The van der Waals surface area contributed by atoms with Crippen LogP contribution in [0.3, 0.4) is 0 Å². The van der Waals surface area contributed by atoms with Crippen molar-refractivity contribution >= 4 is 5.91 Å². The summed E-state index contributed by atoms with van der Waals surface area (Å²) in [6.45, 7) is 0.0531. The summed E-state index contributed by atoms with van der Waals surface area (Å²) in [5.41, 5.74) is 0.805. The number of ether oxygens (including phenoxy) is 2. The molecule has 0 atom stereocenters. The summed E-state index contributed by atoms with van der Waals surface area (Å²) in [7, 11) is 3.00. The van der Waals surface area contributed by atoms with Crippen LogP contribution < -0.4 is 14.8 Å². The number of benzene rings is 2. The summed E-state index contributed by atoms with van der Waals surface area (Å²) in [6, 6.07) is 10.7. The second-order valence-corrected chi connectivity index (χ2v) is 5.24. The molecule has 1 aromatic heterocycles. The molecule has 1 amide bonds. The topological polar surface area (TPSA) is 91.2 Å². The average molecular weight is 357 g/mol. The molecule has 0 fully saturated rings. The van der Waals surface area contributed by atoms with Crippen LogP contribution in [0.4, 0.5) is 4.39 Å². The quantitative estimate of drug-likeness (QED) is 0.723. The summed E-state index contributed by atoms with van der Waals surface area (Å²) in [6.07, 6.45) is 0. The van der Waals surface area contributed by atoms with Gasteiger partial charge >= 0.3 is 0 Å². The van der Waals surface area contributed by atoms with E-state index in [0.717, 1.165) is 0 Å². The second-order valence-electron chi connectivity index (χ2n) is 5.24. The monoisotopic (exact) mass is 357 g/mol. The van der Waals surface area contributed by atoms with Gasteiger partial charge in [0.25, 0.3) is 5.91 Å². The molecule has 0 saturated carbocycles. The smallest absolute Gasteiger partial charge is 0.255 e. The van der Waals surface area contributed by atoms with E-state index in [-0.39, 0.29) is 12.5 Å². The van der Waals surface area contributed by atoms with Crippen LogP contribution in [0.1, 0.15) is 16.2 Å². The zero-order chi connectivity index (χ0) is 18.5. The average Bonchev–Trinajstić information content (AvgIpc) is 3.14. The van der Waals surface area contributed by atoms with Gasteiger partial charge in [0.05, 0.1) is 32.0 Å². The van der Waals surface area contributed by atoms with Gasteiger partial charge in [-0.25, -0.2) is 4.39 Å². The van der Waals surface area contributed by atoms with Crippen molar-refractivity contribution in [1.29, 1.82) is 0 Å². The van der Waals surface area contributed by atoms with E-state index in [9.17, 15) is 9.18 Å². The van der Waals surface area contributed by atoms with Gasteiger partial charge in [-0.05, 0) is 40.8 Å². The zero-order valence-electron chi connectivity index (χ0n) is 14.1. The van der Waals surface area contributed by atoms with Crippen LogP contribution >= 0.6 is 0 Å². The minimum Gasteiger partial charge on any atom is -0.497 e. The highest BCUT2D eigenvalue weighted by Crippen LogP contribution is 2.24. The molecular weight excluding hydrogens is 341 g/mol. The van der Waals surface area contributed by atoms with Gasteiger partial charge in [-0.1, -0.05) is 6.07 Å². The van der Waals surface area contributed by atoms with Crippen LogP contribution in [0, 0.1) is 5.82 Å². The molecule has 1 heterocycles. The fourth-order valence-corrected chi connectivity index (χ4v) is 2.37. The van der Waals surface area contributed by atoms with Gasteiger partial charge in [0.15, 0.2) is 5.82 Å². The lowest BCUT2D eigenvalue weighted by Crippen LogP contribution is -2.25. The molecule has 0 bridgehead atoms. The Kier molecular flexibility index (Phi) is 5.07. The van der Waals surface area contributed by atoms with Gasteiger partial charge in [-0.15, -0.1) is 5.10 Å². The minimum atomic E-state index is -0.407. The zero-order valence-corrected chi connectivity index (χ0v) is 14.1. The predicted octanol–water partition coefficient (Wildman–Crippen LogP) is 1.75. The van der Waals surface area contributed by atoms with E-state index >= 15 is 0 Å². The minimum absolute atomic E-state index is 0.0531. The number of carbonyl (C=O) groups excluding carboxylic acids is 1. The van der Waals surface area contributed by atoms with Crippen LogP contribution in [0.25, 0.3) is 5.69 Å². The molecule has 3 aromatic rings. The van der Waals surface area contributed by atoms with Crippen LogP contribution in [0.2, 0.25) is 0 Å². The highest BCUT2D eigenvalue weighted by atomic mass is 19.1. The first-order valence-corrected chi connectivity index (χ1v) is 7.66. The Hall–Kier alpha value is -3.49. The van der Waals surface area contributed by atoms with Crippen molar-refractivity contribution in [3.63, 3.8) is 0 Å². The standard InChI is InChI=1S/C17H16FN5O3/c1-25-13-6-7-14(15(9-13)26-2)17(24)19-10-16-20-21-22-23(16)12-5-3-4-11(18)8-12/h3-9H,10H2,1-2H3,(H,19,24). The number of methoxy groups -OCH3 is 2. The number of rotatable bonds is 6. The van der Waals surface area contributed by atoms with Crippen LogP contribution in [0.15, 0.2) is 42.5 Å². The van der Waals surface area contributed by atoms with Crippen molar-refractivity contribution in [1.82, 2.24) is 25.5 Å². The van der Waals surface area contributed by atoms with E-state index in [0.29, 0.717) is 28.6 Å². The van der Waals surface area contributed by atoms with E-state index in [1.807, 2.05) is 0 Å². The maximum Gasteiger partial charge on any atom is 0.255 e. The molecule has 0 saturated heterocycles. The van der Waals surface area contributed by atoms with E-state index in [2.05, 4.69) is 20.8 Å². The maximum atomic E-state index is 13.4. The number of hydrogen-bond donors (Lipinski definition) is 1. The molecule has 8 nitrogen and oxygen atoms in total. The van der Waals surface area contributed by atoms with Crippen molar-refractivity contribution in [3.05, 3.63) is 59.7 Å². The molecule has 134 valence electrons. The molecule has 2 aromatic carbocycles. The van der Waals surface area contributed by atoms with Gasteiger partial charge < -0.3 is 14.8 Å². The Labute approximate surface area is 148 Å². The fraction of sp³-hybridized carbons (Fsp3) is 0.176. The number of hydrogen-bond acceptors (Lipinski definition) is 6. The first kappa shape index (κ1) is 17.3. The molecular formula is C17H16FN5O3. The Morgan fingerprint density at radius 2 is 2.04 bits per heavy atom. The molecule has 26 heavy (non-hydrogen) atoms. The van der Waals surface area contributed by atoms with Crippen LogP contribution in [-0.4, -0.2) is 40.3 Å². The van der Waals surface area contributed by atoms with Gasteiger partial charge in [0.2, 0.25) is 0 Å². The summed E-state index contributed by atoms with van der Waals surface area (Å²) in [5, 5.41) is 14.0. The highest BCUT2D eigenvalue weighted by molar-refractivity contribution is 5.97. The van der Waals surface area contributed by atoms with Gasteiger partial charge in [0.1, 0.15) is 17.3 Å². The number of tetrazole rings is 1. The second kappa shape index (κ2) is 7.60. The number of nitrogens with zero attached hydrogens (tertiary/aromatic N) is 4. The lowest BCUT2D eigenvalue weighted by molar-refractivity contribution is 0.0946. The van der Waals surface area contributed by atoms with Gasteiger partial charge in [0, 0.05) is 6.07 Å².